The molecule has 1 heterocycles. The Morgan fingerprint density at radius 1 is 1.24 bits per heavy atom. The zero-order chi connectivity index (χ0) is 15.5. The van der Waals surface area contributed by atoms with Gasteiger partial charge in [0.1, 0.15) is 17.2 Å². The van der Waals surface area contributed by atoms with E-state index in [0.29, 0.717) is 11.5 Å². The predicted octanol–water partition coefficient (Wildman–Crippen LogP) is 1.37. The monoisotopic (exact) mass is 307 g/mol. The molecular weight excluding hydrogens is 294 g/mol. The third-order valence-corrected chi connectivity index (χ3v) is 3.72. The Morgan fingerprint density at radius 2 is 1.90 bits per heavy atom. The molecule has 0 spiro atoms. The van der Waals surface area contributed by atoms with Gasteiger partial charge in [-0.2, -0.15) is 0 Å². The molecule has 1 aromatic heterocycles. The highest BCUT2D eigenvalue weighted by atomic mass is 32.2. The van der Waals surface area contributed by atoms with Crippen LogP contribution < -0.4 is 10.5 Å². The van der Waals surface area contributed by atoms with Crippen LogP contribution in [0, 0.1) is 0 Å². The second-order valence-corrected chi connectivity index (χ2v) is 6.22. The highest BCUT2D eigenvalue weighted by Gasteiger charge is 2.08. The molecule has 1 aromatic carbocycles. The number of nitrogens with two attached hydrogens (primary N) is 1. The average Bonchev–Trinajstić information content (AvgIpc) is 2.46. The first-order chi connectivity index (χ1) is 9.90. The van der Waals surface area contributed by atoms with E-state index < -0.39 is 9.84 Å². The molecule has 0 aliphatic rings. The van der Waals surface area contributed by atoms with Crippen LogP contribution in [-0.2, 0) is 9.84 Å². The van der Waals surface area contributed by atoms with E-state index in [-0.39, 0.29) is 16.4 Å². The fourth-order valence-corrected chi connectivity index (χ4v) is 2.19. The van der Waals surface area contributed by atoms with E-state index in [1.807, 2.05) is 0 Å². The van der Waals surface area contributed by atoms with Crippen molar-refractivity contribution < 1.29 is 18.4 Å². The summed E-state index contributed by atoms with van der Waals surface area (Å²) in [5.41, 5.74) is 5.71. The van der Waals surface area contributed by atoms with Gasteiger partial charge in [0, 0.05) is 18.5 Å². The van der Waals surface area contributed by atoms with Crippen LogP contribution in [0.1, 0.15) is 5.69 Å². The number of ether oxygens (including phenoxy) is 1. The minimum atomic E-state index is -3.24. The number of pyridine rings is 1. The van der Waals surface area contributed by atoms with Crippen molar-refractivity contribution in [3.05, 3.63) is 48.3 Å². The second kappa shape index (κ2) is 5.80. The molecule has 0 bridgehead atoms. The first-order valence-corrected chi connectivity index (χ1v) is 7.71. The summed E-state index contributed by atoms with van der Waals surface area (Å²) < 4.78 is 28.3. The average molecular weight is 307 g/mol. The molecule has 0 radical (unpaired) electrons. The van der Waals surface area contributed by atoms with Gasteiger partial charge in [-0.1, -0.05) is 5.16 Å². The fraction of sp³-hybridized carbons (Fsp3) is 0.0769. The maximum absolute atomic E-state index is 11.4. The van der Waals surface area contributed by atoms with Crippen LogP contribution in [0.4, 0.5) is 0 Å². The lowest BCUT2D eigenvalue weighted by Crippen LogP contribution is -2.14. The van der Waals surface area contributed by atoms with E-state index in [4.69, 9.17) is 15.7 Å². The van der Waals surface area contributed by atoms with Crippen molar-refractivity contribution in [2.75, 3.05) is 6.26 Å². The molecule has 0 saturated carbocycles. The molecule has 21 heavy (non-hydrogen) atoms. The fourth-order valence-electron chi connectivity index (χ4n) is 1.56. The van der Waals surface area contributed by atoms with Crippen LogP contribution >= 0.6 is 0 Å². The third-order valence-electron chi connectivity index (χ3n) is 2.59. The number of amidine groups is 1. The van der Waals surface area contributed by atoms with Crippen molar-refractivity contribution in [2.24, 2.45) is 10.9 Å². The van der Waals surface area contributed by atoms with Crippen molar-refractivity contribution in [1.82, 2.24) is 4.98 Å². The molecule has 0 aliphatic heterocycles. The van der Waals surface area contributed by atoms with Crippen molar-refractivity contribution in [2.45, 2.75) is 4.90 Å². The summed E-state index contributed by atoms with van der Waals surface area (Å²) in [6, 6.07) is 9.09. The topological polar surface area (TPSA) is 115 Å². The highest BCUT2D eigenvalue weighted by molar-refractivity contribution is 7.90. The zero-order valence-electron chi connectivity index (χ0n) is 11.1. The van der Waals surface area contributed by atoms with Crippen LogP contribution in [0.5, 0.6) is 11.5 Å². The Bertz CT molecular complexity index is 770. The summed E-state index contributed by atoms with van der Waals surface area (Å²) in [4.78, 5) is 4.13. The molecule has 8 heteroatoms. The summed E-state index contributed by atoms with van der Waals surface area (Å²) in [5, 5.41) is 11.5. The first kappa shape index (κ1) is 14.8. The summed E-state index contributed by atoms with van der Waals surface area (Å²) in [6.07, 6.45) is 2.59. The van der Waals surface area contributed by atoms with E-state index in [1.165, 1.54) is 24.4 Å². The van der Waals surface area contributed by atoms with Gasteiger partial charge in [0.15, 0.2) is 15.7 Å². The lowest BCUT2D eigenvalue weighted by Gasteiger charge is -2.07. The number of benzene rings is 1. The van der Waals surface area contributed by atoms with E-state index in [1.54, 1.807) is 18.2 Å². The Morgan fingerprint density at radius 3 is 2.48 bits per heavy atom. The van der Waals surface area contributed by atoms with E-state index in [9.17, 15) is 8.42 Å². The van der Waals surface area contributed by atoms with Crippen LogP contribution in [-0.4, -0.2) is 30.7 Å². The Hall–Kier alpha value is -2.61. The molecule has 0 atom stereocenters. The van der Waals surface area contributed by atoms with Crippen molar-refractivity contribution in [3.63, 3.8) is 0 Å². The molecule has 0 amide bonds. The molecule has 0 unspecified atom stereocenters. The van der Waals surface area contributed by atoms with Gasteiger partial charge in [0.25, 0.3) is 0 Å². The summed E-state index contributed by atoms with van der Waals surface area (Å²) in [7, 11) is -3.24. The molecule has 0 aliphatic carbocycles. The molecule has 0 fully saturated rings. The standard InChI is InChI=1S/C13H13N3O4S/c1-21(18,19)11-4-2-9(3-5-11)20-10-6-7-15-12(8-10)13(14)16-17/h2-8,17H,1H3,(H2,14,16). The number of hydrogen-bond acceptors (Lipinski definition) is 6. The van der Waals surface area contributed by atoms with Gasteiger partial charge in [0.05, 0.1) is 4.90 Å². The quantitative estimate of drug-likeness (QED) is 0.381. The molecule has 0 saturated heterocycles. The highest BCUT2D eigenvalue weighted by Crippen LogP contribution is 2.23. The lowest BCUT2D eigenvalue weighted by molar-refractivity contribution is 0.318. The molecule has 2 rings (SSSR count). The molecule has 110 valence electrons. The number of rotatable bonds is 4. The molecule has 7 nitrogen and oxygen atoms in total. The minimum Gasteiger partial charge on any atom is -0.457 e. The van der Waals surface area contributed by atoms with Gasteiger partial charge in [-0.15, -0.1) is 0 Å². The van der Waals surface area contributed by atoms with Crippen LogP contribution in [0.25, 0.3) is 0 Å². The predicted molar refractivity (Wildman–Crippen MR) is 76.4 cm³/mol. The van der Waals surface area contributed by atoms with Crippen LogP contribution in [0.3, 0.4) is 0 Å². The van der Waals surface area contributed by atoms with Crippen molar-refractivity contribution in [1.29, 1.82) is 0 Å². The van der Waals surface area contributed by atoms with E-state index >= 15 is 0 Å². The Labute approximate surface area is 121 Å². The van der Waals surface area contributed by atoms with Crippen molar-refractivity contribution >= 4 is 15.7 Å². The van der Waals surface area contributed by atoms with Gasteiger partial charge in [0.2, 0.25) is 0 Å². The zero-order valence-corrected chi connectivity index (χ0v) is 11.9. The maximum Gasteiger partial charge on any atom is 0.188 e. The van der Waals surface area contributed by atoms with Gasteiger partial charge in [-0.3, -0.25) is 4.98 Å². The van der Waals surface area contributed by atoms with Gasteiger partial charge < -0.3 is 15.7 Å². The van der Waals surface area contributed by atoms with Crippen LogP contribution in [0.2, 0.25) is 0 Å². The number of hydrogen-bond donors (Lipinski definition) is 2. The third kappa shape index (κ3) is 3.69. The lowest BCUT2D eigenvalue weighted by atomic mass is 10.3. The maximum atomic E-state index is 11.4. The molecule has 3 N–H and O–H groups in total. The smallest absolute Gasteiger partial charge is 0.188 e. The normalized spacial score (nSPS) is 12.1. The Balaban J connectivity index is 2.23. The first-order valence-electron chi connectivity index (χ1n) is 5.82. The molecular formula is C13H13N3O4S. The van der Waals surface area contributed by atoms with Gasteiger partial charge >= 0.3 is 0 Å². The van der Waals surface area contributed by atoms with E-state index in [0.717, 1.165) is 6.26 Å². The summed E-state index contributed by atoms with van der Waals surface area (Å²) >= 11 is 0. The Kier molecular flexibility index (Phi) is 4.08. The summed E-state index contributed by atoms with van der Waals surface area (Å²) in [6.45, 7) is 0. The summed E-state index contributed by atoms with van der Waals surface area (Å²) in [5.74, 6) is 0.755. The number of aromatic nitrogens is 1. The minimum absolute atomic E-state index is 0.132. The largest absolute Gasteiger partial charge is 0.457 e. The van der Waals surface area contributed by atoms with Gasteiger partial charge in [-0.05, 0) is 30.3 Å². The molecule has 2 aromatic rings. The SMILES string of the molecule is CS(=O)(=O)c1ccc(Oc2ccnc(C(N)=NO)c2)cc1. The van der Waals surface area contributed by atoms with Crippen molar-refractivity contribution in [3.8, 4) is 11.5 Å². The van der Waals surface area contributed by atoms with E-state index in [2.05, 4.69) is 10.1 Å². The number of oxime groups is 1. The number of nitrogens with zero attached hydrogens (tertiary/aromatic N) is 2. The van der Waals surface area contributed by atoms with Gasteiger partial charge in [-0.25, -0.2) is 8.42 Å². The number of sulfone groups is 1. The second-order valence-electron chi connectivity index (χ2n) is 4.21. The van der Waals surface area contributed by atoms with Crippen LogP contribution in [0.15, 0.2) is 52.6 Å².